The monoisotopic (exact) mass is 292 g/mol. The predicted octanol–water partition coefficient (Wildman–Crippen LogP) is 1.20. The summed E-state index contributed by atoms with van der Waals surface area (Å²) in [7, 11) is 1.28. The molecule has 1 saturated heterocycles. The van der Waals surface area contributed by atoms with Gasteiger partial charge in [-0.25, -0.2) is 4.39 Å². The average molecular weight is 292 g/mol. The minimum absolute atomic E-state index is 0.235. The van der Waals surface area contributed by atoms with Gasteiger partial charge >= 0.3 is 5.97 Å². The highest BCUT2D eigenvalue weighted by molar-refractivity contribution is 5.76. The molecule has 6 heteroatoms. The number of esters is 1. The molecule has 1 aromatic carbocycles. The molecule has 0 unspecified atom stereocenters. The summed E-state index contributed by atoms with van der Waals surface area (Å²) in [5, 5.41) is 19.1. The molecule has 2 atom stereocenters. The topological polar surface area (TPSA) is 73.6 Å². The van der Waals surface area contributed by atoms with Crippen molar-refractivity contribution in [2.24, 2.45) is 0 Å². The summed E-state index contributed by atoms with van der Waals surface area (Å²) >= 11 is 0. The lowest BCUT2D eigenvalue weighted by Crippen LogP contribution is -2.52. The molecule has 1 aromatic rings. The number of hydrogen-bond donors (Lipinski definition) is 1. The zero-order valence-electron chi connectivity index (χ0n) is 11.8. The summed E-state index contributed by atoms with van der Waals surface area (Å²) in [5.74, 6) is -0.971. The van der Waals surface area contributed by atoms with Crippen LogP contribution < -0.4 is 0 Å². The first-order valence-corrected chi connectivity index (χ1v) is 6.75. The Balaban J connectivity index is 2.24. The van der Waals surface area contributed by atoms with Crippen molar-refractivity contribution < 1.29 is 19.0 Å². The van der Waals surface area contributed by atoms with Crippen molar-refractivity contribution >= 4 is 5.97 Å². The van der Waals surface area contributed by atoms with Crippen LogP contribution in [0.3, 0.4) is 0 Å². The van der Waals surface area contributed by atoms with Crippen LogP contribution in [0, 0.1) is 17.1 Å². The average Bonchev–Trinajstić information content (AvgIpc) is 2.48. The number of aliphatic hydroxyl groups excluding tert-OH is 1. The fourth-order valence-electron chi connectivity index (χ4n) is 2.66. The fourth-order valence-corrected chi connectivity index (χ4v) is 2.66. The Morgan fingerprint density at radius 1 is 1.62 bits per heavy atom. The molecule has 2 rings (SSSR count). The van der Waals surface area contributed by atoms with Crippen LogP contribution in [0.2, 0.25) is 0 Å². The largest absolute Gasteiger partial charge is 0.468 e. The van der Waals surface area contributed by atoms with Crippen LogP contribution in [0.25, 0.3) is 0 Å². The van der Waals surface area contributed by atoms with Gasteiger partial charge in [0.25, 0.3) is 0 Å². The molecule has 0 spiro atoms. The smallest absolute Gasteiger partial charge is 0.325 e. The van der Waals surface area contributed by atoms with Crippen molar-refractivity contribution in [1.82, 2.24) is 4.90 Å². The summed E-state index contributed by atoms with van der Waals surface area (Å²) in [5.41, 5.74) is 0.862. The van der Waals surface area contributed by atoms with Crippen molar-refractivity contribution in [3.05, 3.63) is 35.1 Å². The number of likely N-dealkylation sites (tertiary alicyclic amines) is 1. The van der Waals surface area contributed by atoms with E-state index in [1.54, 1.807) is 4.90 Å². The van der Waals surface area contributed by atoms with Gasteiger partial charge in [-0.1, -0.05) is 6.07 Å². The lowest BCUT2D eigenvalue weighted by molar-refractivity contribution is -0.154. The van der Waals surface area contributed by atoms with Gasteiger partial charge in [-0.05, 0) is 37.1 Å². The summed E-state index contributed by atoms with van der Waals surface area (Å²) in [4.78, 5) is 13.6. The summed E-state index contributed by atoms with van der Waals surface area (Å²) in [6.45, 7) is 0.902. The molecule has 112 valence electrons. The van der Waals surface area contributed by atoms with Gasteiger partial charge in [0.1, 0.15) is 11.9 Å². The number of nitriles is 1. The van der Waals surface area contributed by atoms with E-state index in [4.69, 9.17) is 10.00 Å². The van der Waals surface area contributed by atoms with Crippen molar-refractivity contribution in [1.29, 1.82) is 5.26 Å². The van der Waals surface area contributed by atoms with E-state index in [1.807, 2.05) is 6.07 Å². The molecule has 0 aromatic heterocycles. The molecule has 0 amide bonds. The molecule has 1 fully saturated rings. The number of ether oxygens (including phenoxy) is 1. The Kier molecular flexibility index (Phi) is 4.89. The van der Waals surface area contributed by atoms with Crippen LogP contribution in [0.4, 0.5) is 4.39 Å². The predicted molar refractivity (Wildman–Crippen MR) is 72.6 cm³/mol. The van der Waals surface area contributed by atoms with Gasteiger partial charge in [0.15, 0.2) is 0 Å². The minimum atomic E-state index is -0.794. The third-order valence-corrected chi connectivity index (χ3v) is 3.71. The van der Waals surface area contributed by atoms with E-state index in [0.29, 0.717) is 25.1 Å². The molecule has 0 radical (unpaired) electrons. The number of aliphatic hydroxyl groups is 1. The highest BCUT2D eigenvalue weighted by Gasteiger charge is 2.36. The van der Waals surface area contributed by atoms with E-state index >= 15 is 0 Å². The highest BCUT2D eigenvalue weighted by atomic mass is 19.1. The first-order chi connectivity index (χ1) is 10.1. The molecule has 1 aliphatic heterocycles. The minimum Gasteiger partial charge on any atom is -0.468 e. The molecular weight excluding hydrogens is 275 g/mol. The van der Waals surface area contributed by atoms with Gasteiger partial charge in [0.05, 0.1) is 24.8 Å². The van der Waals surface area contributed by atoms with Crippen LogP contribution in [0.15, 0.2) is 18.2 Å². The third kappa shape index (κ3) is 3.38. The van der Waals surface area contributed by atoms with Crippen molar-refractivity contribution in [3.63, 3.8) is 0 Å². The number of halogens is 1. The Morgan fingerprint density at radius 2 is 2.38 bits per heavy atom. The van der Waals surface area contributed by atoms with E-state index in [-0.39, 0.29) is 5.56 Å². The number of piperidine rings is 1. The second-order valence-corrected chi connectivity index (χ2v) is 5.06. The number of methoxy groups -OCH3 is 1. The highest BCUT2D eigenvalue weighted by Crippen LogP contribution is 2.22. The number of carbonyl (C=O) groups excluding carboxylic acids is 1. The second kappa shape index (κ2) is 6.66. The normalized spacial score (nSPS) is 22.6. The lowest BCUT2D eigenvalue weighted by Gasteiger charge is -2.37. The molecule has 0 aliphatic carbocycles. The maximum absolute atomic E-state index is 13.2. The molecule has 1 N–H and O–H groups in total. The SMILES string of the molecule is COC(=O)[C@H]1[C@@H](O)CCCN1Cc1ccc(F)cc1C#N. The van der Waals surface area contributed by atoms with Crippen molar-refractivity contribution in [2.75, 3.05) is 13.7 Å². The van der Waals surface area contributed by atoms with Gasteiger partial charge in [0.2, 0.25) is 0 Å². The maximum atomic E-state index is 13.2. The third-order valence-electron chi connectivity index (χ3n) is 3.71. The van der Waals surface area contributed by atoms with E-state index in [1.165, 1.54) is 25.3 Å². The Labute approximate surface area is 122 Å². The van der Waals surface area contributed by atoms with Crippen LogP contribution in [0.5, 0.6) is 0 Å². The van der Waals surface area contributed by atoms with Crippen LogP contribution >= 0.6 is 0 Å². The lowest BCUT2D eigenvalue weighted by atomic mass is 9.97. The van der Waals surface area contributed by atoms with Crippen LogP contribution in [0.1, 0.15) is 24.0 Å². The maximum Gasteiger partial charge on any atom is 0.325 e. The molecule has 0 saturated carbocycles. The van der Waals surface area contributed by atoms with Gasteiger partial charge in [-0.2, -0.15) is 5.26 Å². The quantitative estimate of drug-likeness (QED) is 0.847. The van der Waals surface area contributed by atoms with Crippen LogP contribution in [-0.4, -0.2) is 41.8 Å². The molecule has 1 heterocycles. The fraction of sp³-hybridized carbons (Fsp3) is 0.467. The summed E-state index contributed by atoms with van der Waals surface area (Å²) in [6.07, 6.45) is 0.486. The van der Waals surface area contributed by atoms with Crippen LogP contribution in [-0.2, 0) is 16.1 Å². The van der Waals surface area contributed by atoms with Crippen molar-refractivity contribution in [3.8, 4) is 6.07 Å². The zero-order valence-corrected chi connectivity index (χ0v) is 11.8. The first kappa shape index (κ1) is 15.4. The van der Waals surface area contributed by atoms with Gasteiger partial charge in [-0.3, -0.25) is 9.69 Å². The molecule has 0 bridgehead atoms. The first-order valence-electron chi connectivity index (χ1n) is 6.75. The number of carbonyl (C=O) groups is 1. The zero-order chi connectivity index (χ0) is 15.4. The molecule has 21 heavy (non-hydrogen) atoms. The number of hydrogen-bond acceptors (Lipinski definition) is 5. The summed E-state index contributed by atoms with van der Waals surface area (Å²) < 4.78 is 17.9. The Morgan fingerprint density at radius 3 is 3.05 bits per heavy atom. The van der Waals surface area contributed by atoms with E-state index in [2.05, 4.69) is 0 Å². The standard InChI is InChI=1S/C15H17FN2O3/c1-21-15(20)14-13(19)3-2-6-18(14)9-10-4-5-12(16)7-11(10)8-17/h4-5,7,13-14,19H,2-3,6,9H2,1H3/t13-,14+/m0/s1. The number of nitrogens with zero attached hydrogens (tertiary/aromatic N) is 2. The van der Waals surface area contributed by atoms with Gasteiger partial charge < -0.3 is 9.84 Å². The Hall–Kier alpha value is -1.97. The van der Waals surface area contributed by atoms with Gasteiger partial charge in [-0.15, -0.1) is 0 Å². The van der Waals surface area contributed by atoms with E-state index in [0.717, 1.165) is 6.42 Å². The molecule has 5 nitrogen and oxygen atoms in total. The molecular formula is C15H17FN2O3. The van der Waals surface area contributed by atoms with E-state index < -0.39 is 23.9 Å². The number of benzene rings is 1. The van der Waals surface area contributed by atoms with E-state index in [9.17, 15) is 14.3 Å². The molecule has 1 aliphatic rings. The number of rotatable bonds is 3. The Bertz CT molecular complexity index is 571. The van der Waals surface area contributed by atoms with Crippen molar-refractivity contribution in [2.45, 2.75) is 31.5 Å². The summed E-state index contributed by atoms with van der Waals surface area (Å²) in [6, 6.07) is 5.18. The van der Waals surface area contributed by atoms with Gasteiger partial charge in [0, 0.05) is 6.54 Å². The second-order valence-electron chi connectivity index (χ2n) is 5.06.